The topological polar surface area (TPSA) is 76.2 Å². The van der Waals surface area contributed by atoms with Crippen molar-refractivity contribution in [1.29, 1.82) is 0 Å². The van der Waals surface area contributed by atoms with Gasteiger partial charge >= 0.3 is 5.97 Å². The van der Waals surface area contributed by atoms with Gasteiger partial charge in [-0.15, -0.1) is 11.8 Å². The third kappa shape index (κ3) is 4.65. The Morgan fingerprint density at radius 3 is 3.00 bits per heavy atom. The highest BCUT2D eigenvalue weighted by Crippen LogP contribution is 2.18. The lowest BCUT2D eigenvalue weighted by Crippen LogP contribution is -2.06. The lowest BCUT2D eigenvalue weighted by molar-refractivity contribution is -0.136. The van der Waals surface area contributed by atoms with Crippen LogP contribution in [0.2, 0.25) is 0 Å². The van der Waals surface area contributed by atoms with E-state index in [0.717, 1.165) is 12.8 Å². The van der Waals surface area contributed by atoms with Gasteiger partial charge < -0.3 is 9.63 Å². The van der Waals surface area contributed by atoms with Gasteiger partial charge in [0.05, 0.1) is 12.2 Å². The summed E-state index contributed by atoms with van der Waals surface area (Å²) in [4.78, 5) is 14.7. The van der Waals surface area contributed by atoms with Gasteiger partial charge in [0.2, 0.25) is 5.89 Å². The van der Waals surface area contributed by atoms with E-state index < -0.39 is 5.97 Å². The van der Waals surface area contributed by atoms with E-state index in [1.807, 2.05) is 13.8 Å². The number of carbonyl (C=O) groups is 1. The highest BCUT2D eigenvalue weighted by molar-refractivity contribution is 7.99. The molecule has 90 valence electrons. The molecule has 16 heavy (non-hydrogen) atoms. The molecule has 0 amide bonds. The largest absolute Gasteiger partial charge is 0.481 e. The van der Waals surface area contributed by atoms with Crippen molar-refractivity contribution in [2.24, 2.45) is 0 Å². The molecule has 0 radical (unpaired) electrons. The second-order valence-electron chi connectivity index (χ2n) is 3.57. The maximum absolute atomic E-state index is 10.4. The molecule has 1 atom stereocenters. The summed E-state index contributed by atoms with van der Waals surface area (Å²) in [5.41, 5.74) is 0. The molecule has 0 spiro atoms. The molecule has 0 saturated heterocycles. The van der Waals surface area contributed by atoms with Gasteiger partial charge in [-0.1, -0.05) is 19.0 Å². The molecule has 0 fully saturated rings. The van der Waals surface area contributed by atoms with Crippen molar-refractivity contribution in [3.8, 4) is 0 Å². The highest BCUT2D eigenvalue weighted by Gasteiger charge is 2.11. The predicted molar refractivity (Wildman–Crippen MR) is 61.3 cm³/mol. The fourth-order valence-corrected chi connectivity index (χ4v) is 2.00. The molecule has 0 aliphatic carbocycles. The van der Waals surface area contributed by atoms with Crippen molar-refractivity contribution in [1.82, 2.24) is 10.1 Å². The Morgan fingerprint density at radius 2 is 2.38 bits per heavy atom. The number of carboxylic acid groups (broad SMARTS) is 1. The molecule has 0 aliphatic rings. The summed E-state index contributed by atoms with van der Waals surface area (Å²) >= 11 is 1.52. The Labute approximate surface area is 98.6 Å². The molecule has 5 nitrogen and oxygen atoms in total. The first kappa shape index (κ1) is 13.0. The minimum Gasteiger partial charge on any atom is -0.481 e. The van der Waals surface area contributed by atoms with E-state index in [0.29, 0.717) is 17.5 Å². The molecular formula is C10H16N2O3S. The van der Waals surface area contributed by atoms with Crippen molar-refractivity contribution >= 4 is 17.7 Å². The zero-order valence-electron chi connectivity index (χ0n) is 9.47. The first-order valence-electron chi connectivity index (χ1n) is 5.26. The number of aliphatic carboxylic acids is 1. The fraction of sp³-hybridized carbons (Fsp3) is 0.700. The maximum Gasteiger partial charge on any atom is 0.304 e. The SMILES string of the molecule is CCCc1nc(CSC(C)CC(=O)O)no1. The third-order valence-electron chi connectivity index (χ3n) is 1.93. The Morgan fingerprint density at radius 1 is 1.62 bits per heavy atom. The lowest BCUT2D eigenvalue weighted by atomic mass is 10.3. The highest BCUT2D eigenvalue weighted by atomic mass is 32.2. The summed E-state index contributed by atoms with van der Waals surface area (Å²) in [5, 5.41) is 12.5. The molecule has 0 bridgehead atoms. The van der Waals surface area contributed by atoms with Gasteiger partial charge in [0.1, 0.15) is 0 Å². The first-order chi connectivity index (χ1) is 7.61. The second-order valence-corrected chi connectivity index (χ2v) is 5.00. The average molecular weight is 244 g/mol. The Bertz CT molecular complexity index is 341. The standard InChI is InChI=1S/C10H16N2O3S/c1-3-4-9-11-8(12-15-9)6-16-7(2)5-10(13)14/h7H,3-6H2,1-2H3,(H,13,14). The zero-order valence-corrected chi connectivity index (χ0v) is 10.3. The van der Waals surface area contributed by atoms with Crippen LogP contribution in [0.1, 0.15) is 38.4 Å². The lowest BCUT2D eigenvalue weighted by Gasteiger charge is -2.05. The van der Waals surface area contributed by atoms with Crippen molar-refractivity contribution in [3.05, 3.63) is 11.7 Å². The summed E-state index contributed by atoms with van der Waals surface area (Å²) in [6.07, 6.45) is 1.93. The molecule has 0 aromatic carbocycles. The molecule has 1 aromatic heterocycles. The Hall–Kier alpha value is -1.04. The smallest absolute Gasteiger partial charge is 0.304 e. The number of thioether (sulfide) groups is 1. The van der Waals surface area contributed by atoms with Gasteiger partial charge in [-0.3, -0.25) is 4.79 Å². The second kappa shape index (κ2) is 6.52. The fourth-order valence-electron chi connectivity index (χ4n) is 1.19. The summed E-state index contributed by atoms with van der Waals surface area (Å²) < 4.78 is 5.03. The number of rotatable bonds is 7. The molecule has 1 heterocycles. The van der Waals surface area contributed by atoms with E-state index in [-0.39, 0.29) is 11.7 Å². The molecule has 1 rings (SSSR count). The van der Waals surface area contributed by atoms with E-state index in [4.69, 9.17) is 9.63 Å². The van der Waals surface area contributed by atoms with Crippen LogP contribution in [0.15, 0.2) is 4.52 Å². The van der Waals surface area contributed by atoms with Crippen LogP contribution in [-0.4, -0.2) is 26.5 Å². The van der Waals surface area contributed by atoms with Crippen LogP contribution in [0, 0.1) is 0 Å². The monoisotopic (exact) mass is 244 g/mol. The van der Waals surface area contributed by atoms with Crippen LogP contribution in [0.5, 0.6) is 0 Å². The van der Waals surface area contributed by atoms with Crippen molar-refractivity contribution in [3.63, 3.8) is 0 Å². The summed E-state index contributed by atoms with van der Waals surface area (Å²) in [5.74, 6) is 1.12. The minimum absolute atomic E-state index is 0.0608. The molecule has 1 unspecified atom stereocenters. The van der Waals surface area contributed by atoms with E-state index >= 15 is 0 Å². The first-order valence-corrected chi connectivity index (χ1v) is 6.31. The van der Waals surface area contributed by atoms with Gasteiger partial charge in [0.15, 0.2) is 5.82 Å². The van der Waals surface area contributed by atoms with E-state index in [9.17, 15) is 4.79 Å². The summed E-state index contributed by atoms with van der Waals surface area (Å²) in [6.45, 7) is 3.93. The van der Waals surface area contributed by atoms with Crippen molar-refractivity contribution in [2.45, 2.75) is 44.1 Å². The van der Waals surface area contributed by atoms with Crippen LogP contribution in [0.3, 0.4) is 0 Å². The van der Waals surface area contributed by atoms with Gasteiger partial charge in [0.25, 0.3) is 0 Å². The summed E-state index contributed by atoms with van der Waals surface area (Å²) in [6, 6.07) is 0. The zero-order chi connectivity index (χ0) is 12.0. The average Bonchev–Trinajstić information content (AvgIpc) is 2.62. The Balaban J connectivity index is 2.33. The number of nitrogens with zero attached hydrogens (tertiary/aromatic N) is 2. The molecule has 0 saturated carbocycles. The maximum atomic E-state index is 10.4. The third-order valence-corrected chi connectivity index (χ3v) is 3.09. The number of carboxylic acids is 1. The quantitative estimate of drug-likeness (QED) is 0.791. The molecule has 1 aromatic rings. The van der Waals surface area contributed by atoms with E-state index in [1.165, 1.54) is 11.8 Å². The van der Waals surface area contributed by atoms with Gasteiger partial charge in [-0.25, -0.2) is 0 Å². The van der Waals surface area contributed by atoms with Crippen LogP contribution in [0.25, 0.3) is 0 Å². The van der Waals surface area contributed by atoms with Crippen LogP contribution < -0.4 is 0 Å². The molecule has 0 aliphatic heterocycles. The van der Waals surface area contributed by atoms with Crippen LogP contribution in [-0.2, 0) is 17.0 Å². The Kier molecular flexibility index (Phi) is 5.31. The minimum atomic E-state index is -0.778. The number of hydrogen-bond donors (Lipinski definition) is 1. The normalized spacial score (nSPS) is 12.6. The van der Waals surface area contributed by atoms with Gasteiger partial charge in [-0.05, 0) is 6.42 Å². The summed E-state index contributed by atoms with van der Waals surface area (Å²) in [7, 11) is 0. The number of aromatic nitrogens is 2. The van der Waals surface area contributed by atoms with E-state index in [2.05, 4.69) is 10.1 Å². The van der Waals surface area contributed by atoms with Crippen LogP contribution in [0.4, 0.5) is 0 Å². The number of hydrogen-bond acceptors (Lipinski definition) is 5. The molecular weight excluding hydrogens is 228 g/mol. The van der Waals surface area contributed by atoms with Crippen LogP contribution >= 0.6 is 11.8 Å². The molecule has 6 heteroatoms. The molecule has 1 N–H and O–H groups in total. The van der Waals surface area contributed by atoms with Crippen molar-refractivity contribution in [2.75, 3.05) is 0 Å². The number of aryl methyl sites for hydroxylation is 1. The predicted octanol–water partition coefficient (Wildman–Crippen LogP) is 2.12. The van der Waals surface area contributed by atoms with E-state index in [1.54, 1.807) is 0 Å². The van der Waals surface area contributed by atoms with Gasteiger partial charge in [0, 0.05) is 11.7 Å². The van der Waals surface area contributed by atoms with Crippen molar-refractivity contribution < 1.29 is 14.4 Å². The van der Waals surface area contributed by atoms with Gasteiger partial charge in [-0.2, -0.15) is 4.98 Å².